The maximum Gasteiger partial charge on any atom is 0.241 e. The maximum absolute atomic E-state index is 11.9. The number of aromatic nitrogens is 2. The SMILES string of the molecule is CNC(C)C(=O)Nc1ccccc1-n1ccnc1. The molecule has 0 spiro atoms. The summed E-state index contributed by atoms with van der Waals surface area (Å²) in [5.41, 5.74) is 1.66. The first-order chi connectivity index (χ1) is 8.72. The average Bonchev–Trinajstić information content (AvgIpc) is 2.92. The summed E-state index contributed by atoms with van der Waals surface area (Å²) in [6.07, 6.45) is 5.24. The van der Waals surface area contributed by atoms with Crippen molar-refractivity contribution in [2.75, 3.05) is 12.4 Å². The lowest BCUT2D eigenvalue weighted by Crippen LogP contribution is -2.35. The van der Waals surface area contributed by atoms with E-state index in [1.807, 2.05) is 42.0 Å². The number of carbonyl (C=O) groups is 1. The molecule has 0 fully saturated rings. The molecule has 1 atom stereocenters. The third-order valence-corrected chi connectivity index (χ3v) is 2.77. The van der Waals surface area contributed by atoms with Gasteiger partial charge in [0.15, 0.2) is 0 Å². The molecule has 0 aliphatic heterocycles. The van der Waals surface area contributed by atoms with Crippen LogP contribution in [0, 0.1) is 0 Å². The topological polar surface area (TPSA) is 59.0 Å². The zero-order valence-electron chi connectivity index (χ0n) is 10.4. The van der Waals surface area contributed by atoms with Gasteiger partial charge in [-0.1, -0.05) is 12.1 Å². The molecule has 0 radical (unpaired) electrons. The average molecular weight is 244 g/mol. The molecule has 94 valence electrons. The molecule has 1 heterocycles. The van der Waals surface area contributed by atoms with Crippen LogP contribution in [0.1, 0.15) is 6.92 Å². The van der Waals surface area contributed by atoms with Crippen LogP contribution in [0.5, 0.6) is 0 Å². The van der Waals surface area contributed by atoms with Gasteiger partial charge in [-0.15, -0.1) is 0 Å². The lowest BCUT2D eigenvalue weighted by Gasteiger charge is -2.14. The normalized spacial score (nSPS) is 12.1. The first-order valence-electron chi connectivity index (χ1n) is 5.78. The van der Waals surface area contributed by atoms with Gasteiger partial charge in [0.05, 0.1) is 23.7 Å². The number of rotatable bonds is 4. The predicted molar refractivity (Wildman–Crippen MR) is 70.7 cm³/mol. The number of imidazole rings is 1. The number of carbonyl (C=O) groups excluding carboxylic acids is 1. The molecule has 0 aliphatic carbocycles. The largest absolute Gasteiger partial charge is 0.323 e. The van der Waals surface area contributed by atoms with E-state index in [1.165, 1.54) is 0 Å². The van der Waals surface area contributed by atoms with Crippen LogP contribution < -0.4 is 10.6 Å². The smallest absolute Gasteiger partial charge is 0.241 e. The van der Waals surface area contributed by atoms with Gasteiger partial charge in [-0.25, -0.2) is 4.98 Å². The molecule has 1 unspecified atom stereocenters. The van der Waals surface area contributed by atoms with Crippen molar-refractivity contribution in [1.29, 1.82) is 0 Å². The maximum atomic E-state index is 11.9. The summed E-state index contributed by atoms with van der Waals surface area (Å²) in [7, 11) is 1.76. The van der Waals surface area contributed by atoms with Crippen LogP contribution in [0.2, 0.25) is 0 Å². The molecule has 1 aromatic heterocycles. The van der Waals surface area contributed by atoms with Gasteiger partial charge < -0.3 is 15.2 Å². The van der Waals surface area contributed by atoms with Crippen molar-refractivity contribution in [2.45, 2.75) is 13.0 Å². The number of benzene rings is 1. The van der Waals surface area contributed by atoms with E-state index >= 15 is 0 Å². The first kappa shape index (κ1) is 12.3. The van der Waals surface area contributed by atoms with Gasteiger partial charge >= 0.3 is 0 Å². The highest BCUT2D eigenvalue weighted by Crippen LogP contribution is 2.19. The summed E-state index contributed by atoms with van der Waals surface area (Å²) in [6.45, 7) is 1.81. The van der Waals surface area contributed by atoms with Gasteiger partial charge in [0.1, 0.15) is 0 Å². The number of anilines is 1. The molecule has 2 aromatic rings. The van der Waals surface area contributed by atoms with Crippen molar-refractivity contribution < 1.29 is 4.79 Å². The van der Waals surface area contributed by atoms with E-state index in [0.717, 1.165) is 11.4 Å². The number of nitrogens with one attached hydrogen (secondary N) is 2. The summed E-state index contributed by atoms with van der Waals surface area (Å²) in [6, 6.07) is 7.38. The summed E-state index contributed by atoms with van der Waals surface area (Å²) in [4.78, 5) is 15.9. The van der Waals surface area contributed by atoms with E-state index in [2.05, 4.69) is 15.6 Å². The highest BCUT2D eigenvalue weighted by molar-refractivity contribution is 5.96. The van der Waals surface area contributed by atoms with Crippen LogP contribution in [0.3, 0.4) is 0 Å². The predicted octanol–water partition coefficient (Wildman–Crippen LogP) is 1.42. The van der Waals surface area contributed by atoms with Crippen LogP contribution in [0.15, 0.2) is 43.0 Å². The third-order valence-electron chi connectivity index (χ3n) is 2.77. The lowest BCUT2D eigenvalue weighted by molar-refractivity contribution is -0.117. The van der Waals surface area contributed by atoms with Crippen molar-refractivity contribution in [3.8, 4) is 5.69 Å². The molecule has 5 heteroatoms. The van der Waals surface area contributed by atoms with E-state index in [9.17, 15) is 4.79 Å². The minimum atomic E-state index is -0.235. The number of hydrogen-bond donors (Lipinski definition) is 2. The quantitative estimate of drug-likeness (QED) is 0.855. The molecule has 0 saturated heterocycles. The Morgan fingerprint density at radius 3 is 2.83 bits per heavy atom. The molecule has 18 heavy (non-hydrogen) atoms. The summed E-state index contributed by atoms with van der Waals surface area (Å²) >= 11 is 0. The van der Waals surface area contributed by atoms with Crippen molar-refractivity contribution in [3.63, 3.8) is 0 Å². The van der Waals surface area contributed by atoms with Crippen molar-refractivity contribution in [2.24, 2.45) is 0 Å². The van der Waals surface area contributed by atoms with Crippen LogP contribution in [0.25, 0.3) is 5.69 Å². The Morgan fingerprint density at radius 1 is 1.39 bits per heavy atom. The Morgan fingerprint density at radius 2 is 2.17 bits per heavy atom. The molecule has 2 N–H and O–H groups in total. The Balaban J connectivity index is 2.26. The number of hydrogen-bond acceptors (Lipinski definition) is 3. The fourth-order valence-corrected chi connectivity index (χ4v) is 1.58. The lowest BCUT2D eigenvalue weighted by atomic mass is 10.2. The minimum Gasteiger partial charge on any atom is -0.323 e. The highest BCUT2D eigenvalue weighted by atomic mass is 16.2. The van der Waals surface area contributed by atoms with Gasteiger partial charge in [-0.2, -0.15) is 0 Å². The van der Waals surface area contributed by atoms with Crippen LogP contribution >= 0.6 is 0 Å². The van der Waals surface area contributed by atoms with Crippen molar-refractivity contribution in [1.82, 2.24) is 14.9 Å². The van der Waals surface area contributed by atoms with Gasteiger partial charge in [-0.3, -0.25) is 4.79 Å². The van der Waals surface area contributed by atoms with Crippen LogP contribution in [0.4, 0.5) is 5.69 Å². The first-order valence-corrected chi connectivity index (χ1v) is 5.78. The van der Waals surface area contributed by atoms with Gasteiger partial charge in [0, 0.05) is 12.4 Å². The number of para-hydroxylation sites is 2. The number of amides is 1. The fourth-order valence-electron chi connectivity index (χ4n) is 1.58. The molecular formula is C13H16N4O. The zero-order chi connectivity index (χ0) is 13.0. The zero-order valence-corrected chi connectivity index (χ0v) is 10.4. The molecule has 2 rings (SSSR count). The molecule has 5 nitrogen and oxygen atoms in total. The van der Waals surface area contributed by atoms with Crippen molar-refractivity contribution in [3.05, 3.63) is 43.0 Å². The molecule has 1 aromatic carbocycles. The van der Waals surface area contributed by atoms with Gasteiger partial charge in [-0.05, 0) is 26.1 Å². The van der Waals surface area contributed by atoms with E-state index in [4.69, 9.17) is 0 Å². The van der Waals surface area contributed by atoms with E-state index in [0.29, 0.717) is 0 Å². The Bertz CT molecular complexity index is 522. The second-order valence-corrected chi connectivity index (χ2v) is 3.99. The van der Waals surface area contributed by atoms with E-state index in [1.54, 1.807) is 19.6 Å². The highest BCUT2D eigenvalue weighted by Gasteiger charge is 2.12. The van der Waals surface area contributed by atoms with Gasteiger partial charge in [0.2, 0.25) is 5.91 Å². The Labute approximate surface area is 106 Å². The summed E-state index contributed by atoms with van der Waals surface area (Å²) in [5.74, 6) is -0.0648. The number of likely N-dealkylation sites (N-methyl/N-ethyl adjacent to an activating group) is 1. The molecule has 0 bridgehead atoms. The monoisotopic (exact) mass is 244 g/mol. The summed E-state index contributed by atoms with van der Waals surface area (Å²) in [5, 5.41) is 5.81. The minimum absolute atomic E-state index is 0.0648. The molecule has 0 aliphatic rings. The van der Waals surface area contributed by atoms with Crippen LogP contribution in [-0.2, 0) is 4.79 Å². The van der Waals surface area contributed by atoms with Crippen LogP contribution in [-0.4, -0.2) is 28.5 Å². The molecule has 0 saturated carbocycles. The van der Waals surface area contributed by atoms with Gasteiger partial charge in [0.25, 0.3) is 0 Å². The second-order valence-electron chi connectivity index (χ2n) is 3.99. The fraction of sp³-hybridized carbons (Fsp3) is 0.231. The summed E-state index contributed by atoms with van der Waals surface area (Å²) < 4.78 is 1.86. The molecule has 1 amide bonds. The number of nitrogens with zero attached hydrogens (tertiary/aromatic N) is 2. The van der Waals surface area contributed by atoms with E-state index < -0.39 is 0 Å². The second kappa shape index (κ2) is 5.46. The Kier molecular flexibility index (Phi) is 3.74. The van der Waals surface area contributed by atoms with Crippen molar-refractivity contribution >= 4 is 11.6 Å². The van der Waals surface area contributed by atoms with E-state index in [-0.39, 0.29) is 11.9 Å². The standard InChI is InChI=1S/C13H16N4O/c1-10(14-2)13(18)16-11-5-3-4-6-12(11)17-8-7-15-9-17/h3-10,14H,1-2H3,(H,16,18). The third kappa shape index (κ3) is 2.57. The Hall–Kier alpha value is -2.14. The molecular weight excluding hydrogens is 228 g/mol.